The number of sulfonamides is 1. The van der Waals surface area contributed by atoms with Crippen LogP contribution in [0, 0.1) is 6.92 Å². The second-order valence-electron chi connectivity index (χ2n) is 3.69. The van der Waals surface area contributed by atoms with E-state index in [2.05, 4.69) is 10.0 Å². The van der Waals surface area contributed by atoms with Crippen LogP contribution in [0.4, 0.5) is 5.69 Å². The molecule has 0 aliphatic rings. The first kappa shape index (κ1) is 14.9. The molecule has 0 saturated heterocycles. The average molecular weight is 291 g/mol. The van der Waals surface area contributed by atoms with Gasteiger partial charge in [0.15, 0.2) is 0 Å². The molecule has 4 N–H and O–H groups in total. The molecule has 0 spiro atoms. The fraction of sp³-hybridized carbons (Fsp3) is 0.500. The lowest BCUT2D eigenvalue weighted by molar-refractivity contribution is 0.0960. The fourth-order valence-electron chi connectivity index (χ4n) is 1.29. The van der Waals surface area contributed by atoms with Gasteiger partial charge in [-0.25, -0.2) is 13.1 Å². The van der Waals surface area contributed by atoms with Gasteiger partial charge in [0, 0.05) is 23.7 Å². The summed E-state index contributed by atoms with van der Waals surface area (Å²) in [6, 6.07) is 1.59. The van der Waals surface area contributed by atoms with Crippen molar-refractivity contribution in [2.45, 2.75) is 13.8 Å². The van der Waals surface area contributed by atoms with Gasteiger partial charge in [0.2, 0.25) is 10.0 Å². The van der Waals surface area contributed by atoms with Crippen molar-refractivity contribution >= 4 is 33.0 Å². The number of carbonyl (C=O) groups excluding carboxylic acids is 1. The van der Waals surface area contributed by atoms with Gasteiger partial charge in [-0.15, -0.1) is 11.3 Å². The van der Waals surface area contributed by atoms with Crippen LogP contribution in [0.3, 0.4) is 0 Å². The Morgan fingerprint density at radius 1 is 1.50 bits per heavy atom. The van der Waals surface area contributed by atoms with Crippen LogP contribution < -0.4 is 15.8 Å². The third-order valence-electron chi connectivity index (χ3n) is 2.20. The van der Waals surface area contributed by atoms with Crippen LogP contribution in [-0.4, -0.2) is 33.2 Å². The Labute approximate surface area is 111 Å². The van der Waals surface area contributed by atoms with E-state index < -0.39 is 10.0 Å². The zero-order valence-corrected chi connectivity index (χ0v) is 12.0. The first-order valence-corrected chi connectivity index (χ1v) is 7.94. The van der Waals surface area contributed by atoms with E-state index in [1.54, 1.807) is 13.0 Å². The van der Waals surface area contributed by atoms with Crippen molar-refractivity contribution < 1.29 is 13.2 Å². The van der Waals surface area contributed by atoms with Crippen molar-refractivity contribution in [3.05, 3.63) is 15.8 Å². The zero-order chi connectivity index (χ0) is 13.8. The predicted octanol–water partition coefficient (Wildman–Crippen LogP) is 0.308. The van der Waals surface area contributed by atoms with Gasteiger partial charge >= 0.3 is 0 Å². The maximum Gasteiger partial charge on any atom is 0.261 e. The van der Waals surface area contributed by atoms with E-state index in [0.717, 1.165) is 4.88 Å². The monoisotopic (exact) mass is 291 g/mol. The zero-order valence-electron chi connectivity index (χ0n) is 10.3. The number of aryl methyl sites for hydroxylation is 1. The van der Waals surface area contributed by atoms with E-state index in [-0.39, 0.29) is 18.2 Å². The van der Waals surface area contributed by atoms with Crippen molar-refractivity contribution in [3.8, 4) is 0 Å². The Bertz CT molecular complexity index is 503. The van der Waals surface area contributed by atoms with Crippen molar-refractivity contribution in [1.82, 2.24) is 10.0 Å². The van der Waals surface area contributed by atoms with Crippen molar-refractivity contribution in [2.24, 2.45) is 0 Å². The maximum atomic E-state index is 11.7. The lowest BCUT2D eigenvalue weighted by atomic mass is 10.3. The third-order valence-corrected chi connectivity index (χ3v) is 4.74. The van der Waals surface area contributed by atoms with Gasteiger partial charge in [-0.1, -0.05) is 6.92 Å². The standard InChI is InChI=1S/C10H17N3O3S2/c1-3-13-18(15,16)5-4-12-10(14)9-6-8(11)7(2)17-9/h6,13H,3-5,11H2,1-2H3,(H,12,14). The highest BCUT2D eigenvalue weighted by Gasteiger charge is 2.12. The van der Waals surface area contributed by atoms with Crippen molar-refractivity contribution in [1.29, 1.82) is 0 Å². The van der Waals surface area contributed by atoms with Crippen LogP contribution in [0.15, 0.2) is 6.07 Å². The second kappa shape index (κ2) is 6.17. The molecule has 0 aliphatic heterocycles. The summed E-state index contributed by atoms with van der Waals surface area (Å²) >= 11 is 1.29. The molecule has 0 fully saturated rings. The summed E-state index contributed by atoms with van der Waals surface area (Å²) in [6.45, 7) is 3.95. The Morgan fingerprint density at radius 2 is 2.17 bits per heavy atom. The summed E-state index contributed by atoms with van der Waals surface area (Å²) in [6.07, 6.45) is 0. The average Bonchev–Trinajstić information content (AvgIpc) is 2.59. The molecule has 0 bridgehead atoms. The number of carbonyl (C=O) groups is 1. The Hall–Kier alpha value is -1.12. The molecule has 1 amide bonds. The molecule has 0 radical (unpaired) electrons. The molecule has 0 aliphatic carbocycles. The number of hydrogen-bond acceptors (Lipinski definition) is 5. The largest absolute Gasteiger partial charge is 0.398 e. The van der Waals surface area contributed by atoms with Crippen LogP contribution in [0.2, 0.25) is 0 Å². The Kier molecular flexibility index (Phi) is 5.12. The summed E-state index contributed by atoms with van der Waals surface area (Å²) in [7, 11) is -3.30. The van der Waals surface area contributed by atoms with Gasteiger partial charge in [-0.2, -0.15) is 0 Å². The van der Waals surface area contributed by atoms with E-state index in [4.69, 9.17) is 5.73 Å². The molecule has 6 nitrogen and oxygen atoms in total. The molecular formula is C10H17N3O3S2. The number of nitrogens with two attached hydrogens (primary N) is 1. The van der Waals surface area contributed by atoms with Crippen LogP contribution >= 0.6 is 11.3 Å². The lowest BCUT2D eigenvalue weighted by Gasteiger charge is -2.05. The van der Waals surface area contributed by atoms with Gasteiger partial charge in [-0.05, 0) is 13.0 Å². The highest BCUT2D eigenvalue weighted by molar-refractivity contribution is 7.89. The van der Waals surface area contributed by atoms with E-state index in [9.17, 15) is 13.2 Å². The van der Waals surface area contributed by atoms with E-state index in [0.29, 0.717) is 17.1 Å². The third kappa shape index (κ3) is 4.28. The maximum absolute atomic E-state index is 11.7. The molecule has 0 unspecified atom stereocenters. The van der Waals surface area contributed by atoms with Crippen LogP contribution in [0.1, 0.15) is 21.5 Å². The molecule has 18 heavy (non-hydrogen) atoms. The first-order chi connectivity index (χ1) is 8.35. The molecule has 102 valence electrons. The minimum atomic E-state index is -3.30. The van der Waals surface area contributed by atoms with Gasteiger partial charge in [-0.3, -0.25) is 4.79 Å². The Morgan fingerprint density at radius 3 is 2.67 bits per heavy atom. The topological polar surface area (TPSA) is 101 Å². The quantitative estimate of drug-likeness (QED) is 0.702. The number of rotatable bonds is 6. The van der Waals surface area contributed by atoms with Crippen LogP contribution in [0.25, 0.3) is 0 Å². The number of nitrogens with one attached hydrogen (secondary N) is 2. The molecule has 0 atom stereocenters. The van der Waals surface area contributed by atoms with E-state index >= 15 is 0 Å². The van der Waals surface area contributed by atoms with Crippen LogP contribution in [-0.2, 0) is 10.0 Å². The molecule has 1 aromatic rings. The molecule has 1 rings (SSSR count). The molecule has 1 heterocycles. The minimum Gasteiger partial charge on any atom is -0.398 e. The highest BCUT2D eigenvalue weighted by Crippen LogP contribution is 2.22. The highest BCUT2D eigenvalue weighted by atomic mass is 32.2. The number of nitrogen functional groups attached to an aromatic ring is 1. The molecular weight excluding hydrogens is 274 g/mol. The second-order valence-corrected chi connectivity index (χ2v) is 6.88. The normalized spacial score (nSPS) is 11.4. The summed E-state index contributed by atoms with van der Waals surface area (Å²) in [4.78, 5) is 13.0. The number of thiophene rings is 1. The van der Waals surface area contributed by atoms with Gasteiger partial charge in [0.05, 0.1) is 10.6 Å². The van der Waals surface area contributed by atoms with E-state index in [1.807, 2.05) is 6.92 Å². The van der Waals surface area contributed by atoms with Crippen molar-refractivity contribution in [2.75, 3.05) is 24.6 Å². The fourth-order valence-corrected chi connectivity index (χ4v) is 3.10. The molecule has 0 saturated carbocycles. The first-order valence-electron chi connectivity index (χ1n) is 5.47. The van der Waals surface area contributed by atoms with Gasteiger partial charge in [0.1, 0.15) is 0 Å². The van der Waals surface area contributed by atoms with E-state index in [1.165, 1.54) is 11.3 Å². The van der Waals surface area contributed by atoms with Gasteiger partial charge in [0.25, 0.3) is 5.91 Å². The lowest BCUT2D eigenvalue weighted by Crippen LogP contribution is -2.34. The number of amides is 1. The smallest absolute Gasteiger partial charge is 0.261 e. The number of anilines is 1. The Balaban J connectivity index is 2.47. The summed E-state index contributed by atoms with van der Waals surface area (Å²) in [5.41, 5.74) is 6.21. The predicted molar refractivity (Wildman–Crippen MR) is 73.3 cm³/mol. The summed E-state index contributed by atoms with van der Waals surface area (Å²) in [5.74, 6) is -0.432. The summed E-state index contributed by atoms with van der Waals surface area (Å²) < 4.78 is 25.0. The van der Waals surface area contributed by atoms with Crippen LogP contribution in [0.5, 0.6) is 0 Å². The van der Waals surface area contributed by atoms with Gasteiger partial charge < -0.3 is 11.1 Å². The van der Waals surface area contributed by atoms with Crippen molar-refractivity contribution in [3.63, 3.8) is 0 Å². The summed E-state index contributed by atoms with van der Waals surface area (Å²) in [5, 5.41) is 2.55. The molecule has 0 aromatic carbocycles. The molecule has 8 heteroatoms. The number of hydrogen-bond donors (Lipinski definition) is 3. The molecule has 1 aromatic heterocycles. The minimum absolute atomic E-state index is 0.0744. The SMILES string of the molecule is CCNS(=O)(=O)CCNC(=O)c1cc(N)c(C)s1.